The molecule has 2 aliphatic heterocycles. The van der Waals surface area contributed by atoms with Crippen LogP contribution in [0, 0.1) is 5.82 Å². The molecule has 222 valence electrons. The maximum Gasteiger partial charge on any atom is 0.242 e. The molecule has 3 amide bonds. The number of nitrogens with zero attached hydrogens (tertiary/aromatic N) is 5. The number of piperazine rings is 1. The van der Waals surface area contributed by atoms with E-state index in [-0.39, 0.29) is 41.1 Å². The van der Waals surface area contributed by atoms with Gasteiger partial charge >= 0.3 is 0 Å². The quantitative estimate of drug-likeness (QED) is 0.441. The first-order chi connectivity index (χ1) is 20.0. The third-order valence-electron chi connectivity index (χ3n) is 7.64. The minimum absolute atomic E-state index is 0.0204. The molecule has 1 atom stereocenters. The summed E-state index contributed by atoms with van der Waals surface area (Å²) in [6.45, 7) is 9.22. The standard InChI is InChI=1S/C31H36FN5O4S/c1-20(38)34-13-15-35(16-14-34)25(39)18-36-26(40)19-42-28(21-7-6-8-22(32)17-21)27-29(31(2,3)4)33-37(30(27)36)23-9-11-24(41-5)12-10-23/h6-12,17,28H,13-16,18-19H2,1-5H3/t28-/m0/s1. The van der Waals surface area contributed by atoms with E-state index < -0.39 is 5.41 Å². The SMILES string of the molecule is COc1ccc(-n2nc(C(C)(C)C)c3c2N(CC(=O)N2CCN(C(C)=O)CC2)C(=O)CS[C@H]3c2cccc(F)c2)cc1. The van der Waals surface area contributed by atoms with Gasteiger partial charge in [0.2, 0.25) is 17.7 Å². The summed E-state index contributed by atoms with van der Waals surface area (Å²) in [4.78, 5) is 44.3. The predicted molar refractivity (Wildman–Crippen MR) is 161 cm³/mol. The minimum atomic E-state index is -0.431. The molecule has 11 heteroatoms. The molecule has 0 unspecified atom stereocenters. The van der Waals surface area contributed by atoms with E-state index in [1.165, 1.54) is 35.7 Å². The van der Waals surface area contributed by atoms with Gasteiger partial charge in [-0.2, -0.15) is 5.10 Å². The number of ether oxygens (including phenoxy) is 1. The fraction of sp³-hybridized carbons (Fsp3) is 0.419. The molecule has 1 fully saturated rings. The largest absolute Gasteiger partial charge is 0.497 e. The maximum atomic E-state index is 14.5. The molecule has 1 saturated heterocycles. The highest BCUT2D eigenvalue weighted by Gasteiger charge is 2.40. The molecule has 0 N–H and O–H groups in total. The first kappa shape index (κ1) is 29.6. The predicted octanol–water partition coefficient (Wildman–Crippen LogP) is 4.18. The summed E-state index contributed by atoms with van der Waals surface area (Å²) < 4.78 is 21.6. The lowest BCUT2D eigenvalue weighted by molar-refractivity contribution is -0.137. The minimum Gasteiger partial charge on any atom is -0.497 e. The van der Waals surface area contributed by atoms with Crippen molar-refractivity contribution in [2.75, 3.05) is 50.5 Å². The molecule has 0 spiro atoms. The first-order valence-corrected chi connectivity index (χ1v) is 15.0. The normalized spacial score (nSPS) is 17.6. The Bertz CT molecular complexity index is 1490. The molecule has 2 aromatic carbocycles. The lowest BCUT2D eigenvalue weighted by Crippen LogP contribution is -2.53. The second-order valence-corrected chi connectivity index (χ2v) is 12.7. The van der Waals surface area contributed by atoms with Crippen molar-refractivity contribution in [3.63, 3.8) is 0 Å². The van der Waals surface area contributed by atoms with Gasteiger partial charge in [0, 0.05) is 44.1 Å². The molecule has 3 aromatic rings. The zero-order chi connectivity index (χ0) is 30.2. The van der Waals surface area contributed by atoms with Crippen LogP contribution in [-0.4, -0.2) is 82.9 Å². The highest BCUT2D eigenvalue weighted by atomic mass is 32.2. The van der Waals surface area contributed by atoms with Crippen LogP contribution in [0.4, 0.5) is 10.2 Å². The summed E-state index contributed by atoms with van der Waals surface area (Å²) in [6.07, 6.45) is 0. The van der Waals surface area contributed by atoms with Crippen molar-refractivity contribution in [1.29, 1.82) is 0 Å². The summed E-state index contributed by atoms with van der Waals surface area (Å²) in [5, 5.41) is 4.68. The van der Waals surface area contributed by atoms with E-state index in [1.54, 1.807) is 27.7 Å². The van der Waals surface area contributed by atoms with Gasteiger partial charge in [-0.3, -0.25) is 19.3 Å². The zero-order valence-corrected chi connectivity index (χ0v) is 25.4. The number of hydrogen-bond acceptors (Lipinski definition) is 6. The second kappa shape index (κ2) is 11.8. The van der Waals surface area contributed by atoms with Crippen LogP contribution >= 0.6 is 11.8 Å². The van der Waals surface area contributed by atoms with Crippen molar-refractivity contribution >= 4 is 35.3 Å². The van der Waals surface area contributed by atoms with Gasteiger partial charge in [0.1, 0.15) is 23.9 Å². The Morgan fingerprint density at radius 1 is 1.05 bits per heavy atom. The van der Waals surface area contributed by atoms with Crippen molar-refractivity contribution in [3.8, 4) is 11.4 Å². The third kappa shape index (κ3) is 5.88. The van der Waals surface area contributed by atoms with Gasteiger partial charge in [0.15, 0.2) is 0 Å². The summed E-state index contributed by atoms with van der Waals surface area (Å²) in [6, 6.07) is 13.8. The van der Waals surface area contributed by atoms with E-state index in [2.05, 4.69) is 20.8 Å². The Hall–Kier alpha value is -3.86. The molecule has 42 heavy (non-hydrogen) atoms. The van der Waals surface area contributed by atoms with E-state index >= 15 is 0 Å². The third-order valence-corrected chi connectivity index (χ3v) is 8.89. The average Bonchev–Trinajstić information content (AvgIpc) is 3.30. The zero-order valence-electron chi connectivity index (χ0n) is 24.6. The number of carbonyl (C=O) groups is 3. The number of amides is 3. The fourth-order valence-electron chi connectivity index (χ4n) is 5.42. The Morgan fingerprint density at radius 2 is 1.71 bits per heavy atom. The lowest BCUT2D eigenvalue weighted by atomic mass is 9.87. The Kier molecular flexibility index (Phi) is 8.32. The van der Waals surface area contributed by atoms with Crippen molar-refractivity contribution in [3.05, 3.63) is 71.2 Å². The van der Waals surface area contributed by atoms with Crippen LogP contribution in [0.5, 0.6) is 5.75 Å². The molecular formula is C31H36FN5O4S. The number of aromatic nitrogens is 2. The monoisotopic (exact) mass is 593 g/mol. The Morgan fingerprint density at radius 3 is 2.31 bits per heavy atom. The van der Waals surface area contributed by atoms with E-state index in [0.29, 0.717) is 43.4 Å². The van der Waals surface area contributed by atoms with E-state index in [1.807, 2.05) is 30.3 Å². The molecule has 2 aliphatic rings. The highest BCUT2D eigenvalue weighted by Crippen LogP contribution is 2.48. The van der Waals surface area contributed by atoms with Crippen LogP contribution in [0.1, 0.15) is 49.8 Å². The number of methoxy groups -OCH3 is 1. The number of hydrogen-bond donors (Lipinski definition) is 0. The topological polar surface area (TPSA) is 88.0 Å². The van der Waals surface area contributed by atoms with E-state index in [0.717, 1.165) is 16.8 Å². The summed E-state index contributed by atoms with van der Waals surface area (Å²) in [7, 11) is 1.59. The van der Waals surface area contributed by atoms with Crippen molar-refractivity contribution in [1.82, 2.24) is 19.6 Å². The summed E-state index contributed by atoms with van der Waals surface area (Å²) in [5.41, 5.74) is 2.54. The van der Waals surface area contributed by atoms with Gasteiger partial charge in [0.05, 0.1) is 29.5 Å². The van der Waals surface area contributed by atoms with Crippen molar-refractivity contribution in [2.45, 2.75) is 38.4 Å². The highest BCUT2D eigenvalue weighted by molar-refractivity contribution is 8.00. The van der Waals surface area contributed by atoms with Gasteiger partial charge in [-0.15, -0.1) is 11.8 Å². The van der Waals surface area contributed by atoms with Crippen LogP contribution in [0.3, 0.4) is 0 Å². The first-order valence-electron chi connectivity index (χ1n) is 14.0. The Labute approximate surface area is 249 Å². The second-order valence-electron chi connectivity index (χ2n) is 11.6. The number of anilines is 1. The van der Waals surface area contributed by atoms with Gasteiger partial charge in [-0.25, -0.2) is 9.07 Å². The van der Waals surface area contributed by atoms with Crippen LogP contribution in [-0.2, 0) is 19.8 Å². The van der Waals surface area contributed by atoms with Gasteiger partial charge in [-0.05, 0) is 42.0 Å². The lowest BCUT2D eigenvalue weighted by Gasteiger charge is -2.35. The van der Waals surface area contributed by atoms with Gasteiger partial charge in [-0.1, -0.05) is 32.9 Å². The number of thioether (sulfide) groups is 1. The maximum absolute atomic E-state index is 14.5. The Balaban J connectivity index is 1.65. The van der Waals surface area contributed by atoms with E-state index in [4.69, 9.17) is 9.84 Å². The average molecular weight is 594 g/mol. The fourth-order valence-corrected chi connectivity index (χ4v) is 6.60. The number of fused-ring (bicyclic) bond motifs is 1. The van der Waals surface area contributed by atoms with Gasteiger partial charge in [0.25, 0.3) is 0 Å². The molecule has 0 saturated carbocycles. The summed E-state index contributed by atoms with van der Waals surface area (Å²) in [5.74, 6) is 0.472. The van der Waals surface area contributed by atoms with Crippen LogP contribution in [0.2, 0.25) is 0 Å². The molecule has 0 radical (unpaired) electrons. The van der Waals surface area contributed by atoms with Crippen LogP contribution in [0.25, 0.3) is 5.69 Å². The molecule has 0 aliphatic carbocycles. The molecule has 1 aromatic heterocycles. The molecule has 5 rings (SSSR count). The molecule has 9 nitrogen and oxygen atoms in total. The van der Waals surface area contributed by atoms with Crippen LogP contribution < -0.4 is 9.64 Å². The number of carbonyl (C=O) groups excluding carboxylic acids is 3. The molecular weight excluding hydrogens is 557 g/mol. The van der Waals surface area contributed by atoms with Crippen molar-refractivity contribution < 1.29 is 23.5 Å². The number of benzene rings is 2. The summed E-state index contributed by atoms with van der Waals surface area (Å²) >= 11 is 1.41. The van der Waals surface area contributed by atoms with Gasteiger partial charge < -0.3 is 14.5 Å². The molecule has 0 bridgehead atoms. The van der Waals surface area contributed by atoms with Crippen LogP contribution in [0.15, 0.2) is 48.5 Å². The van der Waals surface area contributed by atoms with Crippen molar-refractivity contribution in [2.24, 2.45) is 0 Å². The molecule has 3 heterocycles. The number of halogens is 1. The smallest absolute Gasteiger partial charge is 0.242 e. The number of rotatable bonds is 5. The van der Waals surface area contributed by atoms with E-state index in [9.17, 15) is 18.8 Å².